The van der Waals surface area contributed by atoms with E-state index in [2.05, 4.69) is 0 Å². The first-order valence-electron chi connectivity index (χ1n) is 2.00. The summed E-state index contributed by atoms with van der Waals surface area (Å²) in [6.45, 7) is 0. The van der Waals surface area contributed by atoms with Gasteiger partial charge in [-0.15, -0.1) is 0 Å². The van der Waals surface area contributed by atoms with Gasteiger partial charge in [0.25, 0.3) is 0 Å². The summed E-state index contributed by atoms with van der Waals surface area (Å²) in [5.74, 6) is 0. The lowest BCUT2D eigenvalue weighted by atomic mass is 10.0. The van der Waals surface area contributed by atoms with E-state index in [9.17, 15) is 0 Å². The summed E-state index contributed by atoms with van der Waals surface area (Å²) in [5.41, 5.74) is 0. The van der Waals surface area contributed by atoms with Crippen LogP contribution in [0.1, 0.15) is 27.1 Å². The van der Waals surface area contributed by atoms with Crippen molar-refractivity contribution in [2.75, 3.05) is 0 Å². The van der Waals surface area contributed by atoms with Crippen molar-refractivity contribution in [2.45, 2.75) is 25.7 Å². The average molecular weight is 195 g/mol. The Morgan fingerprint density at radius 1 is 0.500 bits per heavy atom. The number of hydrogen-bond donors (Lipinski definition) is 4. The molecule has 1 saturated carbocycles. The highest BCUT2D eigenvalue weighted by molar-refractivity contribution is 7.59. The van der Waals surface area contributed by atoms with Gasteiger partial charge in [-0.1, -0.05) is 25.7 Å². The fourth-order valence-corrected chi connectivity index (χ4v) is 0.250. The predicted octanol–water partition coefficient (Wildman–Crippen LogP) is 2.68. The van der Waals surface area contributed by atoms with E-state index in [1.54, 1.807) is 0 Å². The lowest BCUT2D eigenvalue weighted by Gasteiger charge is -2.05. The molecule has 10 heavy (non-hydrogen) atoms. The van der Waals surface area contributed by atoms with E-state index in [4.69, 9.17) is 0 Å². The van der Waals surface area contributed by atoms with Crippen molar-refractivity contribution in [1.29, 1.82) is 0 Å². The summed E-state index contributed by atoms with van der Waals surface area (Å²) in [5, 5.41) is 0. The second kappa shape index (κ2) is 33.8. The van der Waals surface area contributed by atoms with Gasteiger partial charge >= 0.3 is 0 Å². The number of rotatable bonds is 0. The maximum Gasteiger partial charge on any atom is 0 e. The molecule has 1 rings (SSSR count). The first kappa shape index (κ1) is 46.5. The minimum Gasteiger partial charge on any atom is -0.344 e. The van der Waals surface area contributed by atoms with Crippen molar-refractivity contribution < 1.29 is 1.43 Å². The molecule has 0 spiro atoms. The molecule has 0 unspecified atom stereocenters. The van der Waals surface area contributed by atoms with Crippen LogP contribution in [0.2, 0.25) is 0 Å². The second-order valence-electron chi connectivity index (χ2n) is 1.41. The molecule has 0 bridgehead atoms. The smallest absolute Gasteiger partial charge is 0 e. The summed E-state index contributed by atoms with van der Waals surface area (Å²) in [6, 6.07) is 0. The quantitative estimate of drug-likeness (QED) is 0.471. The van der Waals surface area contributed by atoms with Gasteiger partial charge in [0.15, 0.2) is 0 Å². The van der Waals surface area contributed by atoms with Crippen LogP contribution in [0.25, 0.3) is 0 Å². The van der Waals surface area contributed by atoms with E-state index in [0.717, 1.165) is 0 Å². The van der Waals surface area contributed by atoms with Crippen LogP contribution in [0, 0.1) is 0 Å². The van der Waals surface area contributed by atoms with Crippen molar-refractivity contribution in [3.63, 3.8) is 0 Å². The molecule has 1 aliphatic rings. The normalized spacial score (nSPS) is 9.60. The van der Waals surface area contributed by atoms with Crippen LogP contribution in [0.5, 0.6) is 0 Å². The van der Waals surface area contributed by atoms with E-state index in [-0.39, 0.29) is 53.0 Å². The Morgan fingerprint density at radius 2 is 0.600 bits per heavy atom. The summed E-state index contributed by atoms with van der Waals surface area (Å²) < 4.78 is 0. The average Bonchev–Trinajstić information content (AvgIpc) is 0.722. The highest BCUT2D eigenvalue weighted by Crippen LogP contribution is 2.15. The van der Waals surface area contributed by atoms with Crippen LogP contribution in [0.4, 0.5) is 0 Å². The minimum atomic E-state index is 0. The molecule has 0 amide bonds. The van der Waals surface area contributed by atoms with Crippen LogP contribution in [0.15, 0.2) is 0 Å². The maximum absolute atomic E-state index is 1.50. The van der Waals surface area contributed by atoms with Crippen LogP contribution < -0.4 is 24.6 Å². The Hall–Kier alpha value is 0.540. The number of hydrogen-bond acceptors (Lipinski definition) is 4. The monoisotopic (exact) mass is 195 g/mol. The zero-order valence-corrected chi connectivity index (χ0v) is 8.66. The summed E-state index contributed by atoms with van der Waals surface area (Å²) in [6.07, 6.45) is 6.00. The van der Waals surface area contributed by atoms with E-state index >= 15 is 0 Å². The van der Waals surface area contributed by atoms with Gasteiger partial charge in [0.2, 0.25) is 0 Å². The Kier molecular flexibility index (Phi) is 157. The van der Waals surface area contributed by atoms with Gasteiger partial charge in [0.05, 0.1) is 0 Å². The third kappa shape index (κ3) is 23.6. The van der Waals surface area contributed by atoms with E-state index < -0.39 is 0 Å². The molecule has 6 heteroatoms. The molecule has 0 atom stereocenters. The van der Waals surface area contributed by atoms with Gasteiger partial charge in [-0.25, -0.2) is 0 Å². The first-order valence-corrected chi connectivity index (χ1v) is 2.00. The zero-order valence-electron chi connectivity index (χ0n) is 6.66. The van der Waals surface area contributed by atoms with Gasteiger partial charge in [0.1, 0.15) is 0 Å². The van der Waals surface area contributed by atoms with E-state index in [1.807, 2.05) is 0 Å². The molecule has 0 saturated heterocycles. The lowest BCUT2D eigenvalue weighted by molar-refractivity contribution is 0.504. The predicted molar refractivity (Wildman–Crippen MR) is 61.4 cm³/mol. The van der Waals surface area contributed by atoms with Gasteiger partial charge in [-0.2, -0.15) is 27.0 Å². The highest BCUT2D eigenvalue weighted by atomic mass is 32.1. The zero-order chi connectivity index (χ0) is 2.83. The topological polar surface area (TPSA) is 140 Å². The van der Waals surface area contributed by atoms with Crippen LogP contribution >= 0.6 is 27.0 Å². The van der Waals surface area contributed by atoms with Gasteiger partial charge in [0, 0.05) is 1.43 Å². The molecular weight excluding hydrogens is 168 g/mol. The standard InChI is InChI=1S/C4H8.4H3N.2H2S.H2/c1-2-4-3-1;;;;;;;/h1-4H2;4*1H3;2*1H2;1H/i;;;;;;;1+1. The molecule has 12 N–H and O–H groups in total. The molecule has 0 aromatic heterocycles. The minimum absolute atomic E-state index is 0. The first-order chi connectivity index (χ1) is 2.00. The van der Waals surface area contributed by atoms with Gasteiger partial charge in [-0.05, 0) is 0 Å². The summed E-state index contributed by atoms with van der Waals surface area (Å²) in [7, 11) is 0. The molecule has 0 aliphatic heterocycles. The molecule has 1 fully saturated rings. The fraction of sp³-hybridized carbons (Fsp3) is 1.00. The SMILES string of the molecule is C1CCC1.N.N.N.N.S.S.[2HH]. The van der Waals surface area contributed by atoms with Crippen molar-refractivity contribution in [1.82, 2.24) is 24.6 Å². The third-order valence-electron chi connectivity index (χ3n) is 1.000. The Bertz CT molecular complexity index is 28.1. The van der Waals surface area contributed by atoms with Crippen LogP contribution in [-0.2, 0) is 0 Å². The van der Waals surface area contributed by atoms with E-state index in [0.29, 0.717) is 0 Å². The van der Waals surface area contributed by atoms with Crippen molar-refractivity contribution in [2.24, 2.45) is 0 Å². The van der Waals surface area contributed by atoms with Crippen LogP contribution in [0.3, 0.4) is 0 Å². The summed E-state index contributed by atoms with van der Waals surface area (Å²) in [4.78, 5) is 0. The third-order valence-corrected chi connectivity index (χ3v) is 1.000. The second-order valence-corrected chi connectivity index (χ2v) is 1.41. The molecule has 0 radical (unpaired) electrons. The molecule has 0 aromatic carbocycles. The highest BCUT2D eigenvalue weighted by Gasteiger charge is 1.95. The van der Waals surface area contributed by atoms with Crippen molar-refractivity contribution >= 4 is 27.0 Å². The van der Waals surface area contributed by atoms with E-state index in [1.165, 1.54) is 25.7 Å². The summed E-state index contributed by atoms with van der Waals surface area (Å²) >= 11 is 0. The Morgan fingerprint density at radius 3 is 0.600 bits per heavy atom. The largest absolute Gasteiger partial charge is 0.344 e. The molecule has 0 heterocycles. The van der Waals surface area contributed by atoms with Crippen molar-refractivity contribution in [3.8, 4) is 0 Å². The molecule has 0 aromatic rings. The van der Waals surface area contributed by atoms with Crippen molar-refractivity contribution in [3.05, 3.63) is 0 Å². The Labute approximate surface area is 79.2 Å². The van der Waals surface area contributed by atoms with Gasteiger partial charge < -0.3 is 24.6 Å². The fourth-order valence-electron chi connectivity index (χ4n) is 0.250. The van der Waals surface area contributed by atoms with Crippen LogP contribution in [-0.4, -0.2) is 0 Å². The molecular formula is C4H26N4S2. The molecule has 4 nitrogen and oxygen atoms in total. The van der Waals surface area contributed by atoms with Gasteiger partial charge in [-0.3, -0.25) is 0 Å². The molecule has 74 valence electrons. The Balaban J connectivity index is -0.00000000457. The maximum atomic E-state index is 1.50. The molecule has 1 aliphatic carbocycles. The lowest BCUT2D eigenvalue weighted by Crippen LogP contribution is -1.85.